The molecule has 1 unspecified atom stereocenters. The van der Waals surface area contributed by atoms with Crippen molar-refractivity contribution in [2.24, 2.45) is 0 Å². The lowest BCUT2D eigenvalue weighted by Crippen LogP contribution is -2.39. The van der Waals surface area contributed by atoms with Gasteiger partial charge in [-0.25, -0.2) is 0 Å². The molecule has 0 saturated heterocycles. The van der Waals surface area contributed by atoms with Crippen LogP contribution >= 0.6 is 0 Å². The van der Waals surface area contributed by atoms with E-state index in [9.17, 15) is 18.0 Å². The third-order valence-electron chi connectivity index (χ3n) is 6.69. The summed E-state index contributed by atoms with van der Waals surface area (Å²) in [6.07, 6.45) is -0.766. The van der Waals surface area contributed by atoms with Gasteiger partial charge in [0, 0.05) is 29.2 Å². The molecule has 1 atom stereocenters. The Hall–Kier alpha value is -4.20. The number of H-pyrrole nitrogens is 1. The predicted molar refractivity (Wildman–Crippen MR) is 129 cm³/mol. The van der Waals surface area contributed by atoms with Crippen LogP contribution < -0.4 is 9.47 Å². The Morgan fingerprint density at radius 1 is 1.00 bits per heavy atom. The summed E-state index contributed by atoms with van der Waals surface area (Å²) in [5, 5.41) is 1.13. The number of aromatic amines is 1. The molecule has 36 heavy (non-hydrogen) atoms. The molecule has 182 valence electrons. The first-order valence-electron chi connectivity index (χ1n) is 11.5. The lowest BCUT2D eigenvalue weighted by Gasteiger charge is -2.35. The van der Waals surface area contributed by atoms with Gasteiger partial charge in [0.2, 0.25) is 12.7 Å². The maximum absolute atomic E-state index is 13.4. The summed E-state index contributed by atoms with van der Waals surface area (Å²) >= 11 is 0. The average molecular weight is 490 g/mol. The summed E-state index contributed by atoms with van der Waals surface area (Å²) in [4.78, 5) is 18.7. The molecule has 4 aromatic rings. The zero-order valence-corrected chi connectivity index (χ0v) is 19.0. The minimum Gasteiger partial charge on any atom is -0.454 e. The first-order chi connectivity index (χ1) is 17.4. The summed E-state index contributed by atoms with van der Waals surface area (Å²) < 4.78 is 49.6. The van der Waals surface area contributed by atoms with Crippen LogP contribution in [0.15, 0.2) is 72.8 Å². The van der Waals surface area contributed by atoms with E-state index in [2.05, 4.69) is 11.1 Å². The molecule has 1 amide bonds. The topological polar surface area (TPSA) is 54.6 Å². The van der Waals surface area contributed by atoms with Gasteiger partial charge < -0.3 is 19.4 Å². The number of benzene rings is 3. The molecule has 3 aromatic carbocycles. The molecule has 0 radical (unpaired) electrons. The molecule has 0 fully saturated rings. The van der Waals surface area contributed by atoms with Gasteiger partial charge in [-0.1, -0.05) is 36.4 Å². The van der Waals surface area contributed by atoms with Gasteiger partial charge in [0.25, 0.3) is 0 Å². The van der Waals surface area contributed by atoms with Gasteiger partial charge in [-0.15, -0.1) is 0 Å². The van der Waals surface area contributed by atoms with Crippen molar-refractivity contribution < 1.29 is 27.4 Å². The lowest BCUT2D eigenvalue weighted by molar-refractivity contribution is -0.137. The summed E-state index contributed by atoms with van der Waals surface area (Å²) in [6, 6.07) is 18.1. The summed E-state index contributed by atoms with van der Waals surface area (Å²) in [6.45, 7) is 0.643. The monoisotopic (exact) mass is 490 g/mol. The number of amides is 1. The molecular weight excluding hydrogens is 469 g/mol. The van der Waals surface area contributed by atoms with E-state index in [0.717, 1.165) is 34.3 Å². The number of nitrogens with one attached hydrogen (secondary N) is 1. The number of carbonyl (C=O) groups is 1. The third kappa shape index (κ3) is 3.88. The Balaban J connectivity index is 1.36. The van der Waals surface area contributed by atoms with Gasteiger partial charge in [-0.3, -0.25) is 4.79 Å². The highest BCUT2D eigenvalue weighted by atomic mass is 19.4. The van der Waals surface area contributed by atoms with Gasteiger partial charge in [0.05, 0.1) is 11.6 Å². The number of fused-ring (bicyclic) bond motifs is 4. The Bertz CT molecular complexity index is 1490. The minimum atomic E-state index is -4.40. The first kappa shape index (κ1) is 22.3. The van der Waals surface area contributed by atoms with Crippen LogP contribution in [0.5, 0.6) is 11.5 Å². The van der Waals surface area contributed by atoms with Crippen LogP contribution in [0, 0.1) is 0 Å². The molecule has 1 aromatic heterocycles. The number of rotatable bonds is 3. The molecular formula is C28H21F3N2O3. The van der Waals surface area contributed by atoms with Gasteiger partial charge in [0.15, 0.2) is 11.5 Å². The molecule has 6 rings (SSSR count). The Morgan fingerprint density at radius 3 is 2.58 bits per heavy atom. The minimum absolute atomic E-state index is 0.152. The van der Waals surface area contributed by atoms with Crippen molar-refractivity contribution in [1.29, 1.82) is 0 Å². The average Bonchev–Trinajstić information content (AvgIpc) is 3.50. The molecule has 0 aliphatic carbocycles. The number of hydrogen-bond acceptors (Lipinski definition) is 3. The van der Waals surface area contributed by atoms with E-state index in [0.29, 0.717) is 30.0 Å². The first-order valence-corrected chi connectivity index (χ1v) is 11.5. The quantitative estimate of drug-likeness (QED) is 0.353. The highest BCUT2D eigenvalue weighted by Gasteiger charge is 2.35. The Labute approximate surface area is 204 Å². The van der Waals surface area contributed by atoms with Crippen LogP contribution in [-0.4, -0.2) is 29.1 Å². The fourth-order valence-corrected chi connectivity index (χ4v) is 4.95. The van der Waals surface area contributed by atoms with Crippen molar-refractivity contribution in [3.05, 3.63) is 101 Å². The van der Waals surface area contributed by atoms with Crippen molar-refractivity contribution in [2.45, 2.75) is 18.6 Å². The van der Waals surface area contributed by atoms with Crippen molar-refractivity contribution in [1.82, 2.24) is 9.88 Å². The number of para-hydroxylation sites is 1. The summed E-state index contributed by atoms with van der Waals surface area (Å²) in [7, 11) is 0. The van der Waals surface area contributed by atoms with E-state index in [-0.39, 0.29) is 18.7 Å². The largest absolute Gasteiger partial charge is 0.454 e. The Kier molecular flexibility index (Phi) is 5.25. The molecule has 1 N–H and O–H groups in total. The molecule has 0 spiro atoms. The Morgan fingerprint density at radius 2 is 1.78 bits per heavy atom. The molecule has 2 aliphatic rings. The summed E-state index contributed by atoms with van der Waals surface area (Å²) in [5.41, 5.74) is 3.78. The smallest absolute Gasteiger partial charge is 0.416 e. The van der Waals surface area contributed by atoms with Crippen LogP contribution in [0.4, 0.5) is 13.2 Å². The standard InChI is InChI=1S/C28H21F3N2O3/c29-28(30,31)19-9-5-17(6-10-19)7-12-25(34)33-14-13-21-20-3-1-2-4-22(20)32-26(21)27(33)18-8-11-23-24(15-18)36-16-35-23/h1-12,15,27,32H,13-14,16H2. The van der Waals surface area contributed by atoms with Crippen molar-refractivity contribution in [2.75, 3.05) is 13.3 Å². The van der Waals surface area contributed by atoms with E-state index in [4.69, 9.17) is 9.47 Å². The van der Waals surface area contributed by atoms with Crippen LogP contribution in [-0.2, 0) is 17.4 Å². The number of alkyl halides is 3. The fraction of sp³-hybridized carbons (Fsp3) is 0.179. The fourth-order valence-electron chi connectivity index (χ4n) is 4.95. The SMILES string of the molecule is O=C(C=Cc1ccc(C(F)(F)F)cc1)N1CCc2c([nH]c3ccccc23)C1c1ccc2c(c1)OCO2. The van der Waals surface area contributed by atoms with Crippen LogP contribution in [0.25, 0.3) is 17.0 Å². The van der Waals surface area contributed by atoms with E-state index in [1.54, 1.807) is 11.0 Å². The molecule has 8 heteroatoms. The normalized spacial score (nSPS) is 17.1. The second-order valence-electron chi connectivity index (χ2n) is 8.81. The third-order valence-corrected chi connectivity index (χ3v) is 6.69. The van der Waals surface area contributed by atoms with Crippen molar-refractivity contribution in [3.8, 4) is 11.5 Å². The number of aromatic nitrogens is 1. The van der Waals surface area contributed by atoms with Gasteiger partial charge in [-0.05, 0) is 59.5 Å². The molecule has 0 bridgehead atoms. The summed E-state index contributed by atoms with van der Waals surface area (Å²) in [5.74, 6) is 1.05. The van der Waals surface area contributed by atoms with Crippen LogP contribution in [0.2, 0.25) is 0 Å². The highest BCUT2D eigenvalue weighted by molar-refractivity contribution is 5.93. The number of nitrogens with zero attached hydrogens (tertiary/aromatic N) is 1. The zero-order valence-electron chi connectivity index (χ0n) is 19.0. The highest BCUT2D eigenvalue weighted by Crippen LogP contribution is 2.42. The van der Waals surface area contributed by atoms with E-state index in [1.807, 2.05) is 36.4 Å². The molecule has 3 heterocycles. The van der Waals surface area contributed by atoms with E-state index in [1.165, 1.54) is 23.8 Å². The lowest BCUT2D eigenvalue weighted by atomic mass is 9.92. The number of halogens is 3. The van der Waals surface area contributed by atoms with Crippen LogP contribution in [0.1, 0.15) is 34.0 Å². The second-order valence-corrected chi connectivity index (χ2v) is 8.81. The number of hydrogen-bond donors (Lipinski definition) is 1. The van der Waals surface area contributed by atoms with Gasteiger partial charge >= 0.3 is 6.18 Å². The van der Waals surface area contributed by atoms with E-state index < -0.39 is 11.7 Å². The van der Waals surface area contributed by atoms with Crippen molar-refractivity contribution >= 4 is 22.9 Å². The second kappa shape index (κ2) is 8.48. The zero-order chi connectivity index (χ0) is 24.9. The van der Waals surface area contributed by atoms with E-state index >= 15 is 0 Å². The number of ether oxygens (including phenoxy) is 2. The maximum Gasteiger partial charge on any atom is 0.416 e. The van der Waals surface area contributed by atoms with Gasteiger partial charge in [-0.2, -0.15) is 13.2 Å². The maximum atomic E-state index is 13.4. The predicted octanol–water partition coefficient (Wildman–Crippen LogP) is 6.10. The molecule has 2 aliphatic heterocycles. The van der Waals surface area contributed by atoms with Gasteiger partial charge in [0.1, 0.15) is 0 Å². The van der Waals surface area contributed by atoms with Crippen molar-refractivity contribution in [3.63, 3.8) is 0 Å². The number of carbonyl (C=O) groups excluding carboxylic acids is 1. The molecule has 0 saturated carbocycles. The van der Waals surface area contributed by atoms with Crippen LogP contribution in [0.3, 0.4) is 0 Å². The molecule has 5 nitrogen and oxygen atoms in total.